The van der Waals surface area contributed by atoms with Crippen LogP contribution < -0.4 is 4.90 Å². The second kappa shape index (κ2) is 10.0. The molecule has 2 bridgehead atoms. The average Bonchev–Trinajstić information content (AvgIpc) is 3.64. The molecular weight excluding hydrogens is 647 g/mol. The van der Waals surface area contributed by atoms with E-state index in [4.69, 9.17) is 0 Å². The van der Waals surface area contributed by atoms with Gasteiger partial charge in [-0.05, 0) is 172 Å². The molecule has 1 aliphatic heterocycles. The molecule has 7 aliphatic rings. The summed E-state index contributed by atoms with van der Waals surface area (Å²) in [6.07, 6.45) is 10.8. The predicted molar refractivity (Wildman–Crippen MR) is 218 cm³/mol. The van der Waals surface area contributed by atoms with Crippen LogP contribution >= 0.6 is 11.8 Å². The first-order valence-corrected chi connectivity index (χ1v) is 21.5. The molecule has 1 nitrogen and oxygen atoms in total. The van der Waals surface area contributed by atoms with E-state index in [0.717, 1.165) is 23.7 Å². The van der Waals surface area contributed by atoms with Crippen molar-refractivity contribution in [3.05, 3.63) is 112 Å². The Labute approximate surface area is 317 Å². The normalized spacial score (nSPS) is 33.8. The maximum absolute atomic E-state index is 2.75. The highest BCUT2D eigenvalue weighted by atomic mass is 32.2. The molecule has 6 unspecified atom stereocenters. The van der Waals surface area contributed by atoms with Crippen molar-refractivity contribution >= 4 is 28.8 Å². The van der Waals surface area contributed by atoms with E-state index in [9.17, 15) is 0 Å². The standard InChI is InChI=1S/C50H57NS/c1-45(2)20-22-47(5,6)37-27-32(16-18-34(37)45)51(33-17-19-35-38(28-33)48(7,8)23-21-46(35,3)4)39-13-11-15-41-44(39)50(36-12-9-10-14-40(36)52-41)42-25-30-24-31-26-43(50)49(31,42)29-30/h9-19,27-28,30-31,42-43H,20-26,29H2,1-8H3. The van der Waals surface area contributed by atoms with Crippen LogP contribution in [0.2, 0.25) is 0 Å². The van der Waals surface area contributed by atoms with Crippen molar-refractivity contribution in [2.24, 2.45) is 29.1 Å². The fourth-order valence-corrected chi connectivity index (χ4v) is 15.4. The number of hydrogen-bond donors (Lipinski definition) is 0. The predicted octanol–water partition coefficient (Wildman–Crippen LogP) is 13.7. The molecular formula is C50H57NS. The van der Waals surface area contributed by atoms with Gasteiger partial charge in [0.1, 0.15) is 0 Å². The van der Waals surface area contributed by atoms with Gasteiger partial charge >= 0.3 is 0 Å². The zero-order chi connectivity index (χ0) is 35.8. The summed E-state index contributed by atoms with van der Waals surface area (Å²) in [5.41, 5.74) is 14.9. The van der Waals surface area contributed by atoms with Crippen LogP contribution in [0.1, 0.15) is 140 Å². The van der Waals surface area contributed by atoms with Gasteiger partial charge in [0.2, 0.25) is 0 Å². The van der Waals surface area contributed by atoms with Crippen molar-refractivity contribution in [2.45, 2.75) is 144 Å². The van der Waals surface area contributed by atoms with E-state index < -0.39 is 0 Å². The van der Waals surface area contributed by atoms with Crippen molar-refractivity contribution in [2.75, 3.05) is 4.90 Å². The molecule has 4 aromatic rings. The molecule has 11 rings (SSSR count). The molecule has 268 valence electrons. The van der Waals surface area contributed by atoms with Crippen LogP contribution in [-0.2, 0) is 27.1 Å². The zero-order valence-electron chi connectivity index (χ0n) is 32.8. The van der Waals surface area contributed by atoms with E-state index in [1.54, 1.807) is 33.4 Å². The first-order valence-electron chi connectivity index (χ1n) is 20.7. The number of fused-ring (bicyclic) bond motifs is 9. The van der Waals surface area contributed by atoms with Gasteiger partial charge in [-0.15, -0.1) is 0 Å². The Morgan fingerprint density at radius 3 is 1.71 bits per heavy atom. The Hall–Kier alpha value is -2.97. The van der Waals surface area contributed by atoms with Crippen LogP contribution in [0.25, 0.3) is 0 Å². The summed E-state index contributed by atoms with van der Waals surface area (Å²) in [5, 5.41) is 0. The summed E-state index contributed by atoms with van der Waals surface area (Å²) in [6.45, 7) is 19.8. The number of nitrogens with zero attached hydrogens (tertiary/aromatic N) is 1. The average molecular weight is 704 g/mol. The maximum Gasteiger partial charge on any atom is 0.0514 e. The highest BCUT2D eigenvalue weighted by Gasteiger charge is 2.84. The molecule has 0 saturated heterocycles. The van der Waals surface area contributed by atoms with Crippen molar-refractivity contribution in [3.63, 3.8) is 0 Å². The van der Waals surface area contributed by atoms with E-state index >= 15 is 0 Å². The second-order valence-electron chi connectivity index (χ2n) is 21.1. The number of anilines is 3. The third-order valence-electron chi connectivity index (χ3n) is 16.9. The summed E-state index contributed by atoms with van der Waals surface area (Å²) in [6, 6.07) is 32.3. The van der Waals surface area contributed by atoms with E-state index in [-0.39, 0.29) is 27.1 Å². The monoisotopic (exact) mass is 703 g/mol. The van der Waals surface area contributed by atoms with Gasteiger partial charge in [-0.3, -0.25) is 0 Å². The van der Waals surface area contributed by atoms with Crippen LogP contribution in [0, 0.1) is 29.1 Å². The lowest BCUT2D eigenvalue weighted by molar-refractivity contribution is -0.234. The number of hydrogen-bond acceptors (Lipinski definition) is 2. The Morgan fingerprint density at radius 2 is 1.10 bits per heavy atom. The molecule has 2 heteroatoms. The van der Waals surface area contributed by atoms with Crippen molar-refractivity contribution in [1.82, 2.24) is 0 Å². The van der Waals surface area contributed by atoms with Crippen LogP contribution in [0.4, 0.5) is 17.1 Å². The van der Waals surface area contributed by atoms with Crippen LogP contribution in [0.5, 0.6) is 0 Å². The van der Waals surface area contributed by atoms with Gasteiger partial charge in [0, 0.05) is 32.1 Å². The number of rotatable bonds is 3. The zero-order valence-corrected chi connectivity index (χ0v) is 33.6. The Bertz CT molecular complexity index is 2120. The summed E-state index contributed by atoms with van der Waals surface area (Å²) in [7, 11) is 0. The molecule has 6 aliphatic carbocycles. The lowest BCUT2D eigenvalue weighted by Crippen LogP contribution is -2.74. The molecule has 0 radical (unpaired) electrons. The summed E-state index contributed by atoms with van der Waals surface area (Å²) in [5.74, 6) is 3.43. The third kappa shape index (κ3) is 3.84. The quantitative estimate of drug-likeness (QED) is 0.209. The summed E-state index contributed by atoms with van der Waals surface area (Å²) in [4.78, 5) is 5.76. The SMILES string of the molecule is CC1(C)CCC(C)(C)c2cc(N(c3ccc4c(c3)C(C)(C)CCC4(C)C)c3cccc4c3C3(c5ccccc5S4)C4CC5CC6CC3C64C5)ccc21. The van der Waals surface area contributed by atoms with Gasteiger partial charge in [-0.1, -0.05) is 104 Å². The molecule has 2 spiro atoms. The molecule has 0 amide bonds. The Morgan fingerprint density at radius 1 is 0.538 bits per heavy atom. The summed E-state index contributed by atoms with van der Waals surface area (Å²) >= 11 is 2.05. The Kier molecular flexibility index (Phi) is 6.25. The molecule has 4 fully saturated rings. The Balaban J connectivity index is 1.19. The van der Waals surface area contributed by atoms with E-state index in [2.05, 4.69) is 139 Å². The van der Waals surface area contributed by atoms with E-state index in [1.807, 2.05) is 11.8 Å². The minimum absolute atomic E-state index is 0.0998. The molecule has 0 aromatic heterocycles. The van der Waals surface area contributed by atoms with Gasteiger partial charge in [-0.2, -0.15) is 0 Å². The molecule has 6 atom stereocenters. The molecule has 4 saturated carbocycles. The minimum atomic E-state index is 0.0998. The number of benzene rings is 4. The molecule has 4 aromatic carbocycles. The van der Waals surface area contributed by atoms with Gasteiger partial charge in [-0.25, -0.2) is 0 Å². The topological polar surface area (TPSA) is 3.24 Å². The fraction of sp³-hybridized carbons (Fsp3) is 0.520. The highest BCUT2D eigenvalue weighted by molar-refractivity contribution is 7.99. The third-order valence-corrected chi connectivity index (χ3v) is 18.0. The first kappa shape index (κ1) is 32.5. The highest BCUT2D eigenvalue weighted by Crippen LogP contribution is 2.89. The van der Waals surface area contributed by atoms with Crippen LogP contribution in [-0.4, -0.2) is 0 Å². The fourth-order valence-electron chi connectivity index (χ4n) is 14.2. The lowest BCUT2D eigenvalue weighted by atomic mass is 9.26. The molecule has 52 heavy (non-hydrogen) atoms. The largest absolute Gasteiger partial charge is 0.310 e. The smallest absolute Gasteiger partial charge is 0.0514 e. The molecule has 1 heterocycles. The van der Waals surface area contributed by atoms with Gasteiger partial charge in [0.25, 0.3) is 0 Å². The van der Waals surface area contributed by atoms with Crippen molar-refractivity contribution in [3.8, 4) is 0 Å². The summed E-state index contributed by atoms with van der Waals surface area (Å²) < 4.78 is 0. The van der Waals surface area contributed by atoms with Crippen LogP contribution in [0.3, 0.4) is 0 Å². The molecule has 0 N–H and O–H groups in total. The van der Waals surface area contributed by atoms with Gasteiger partial charge in [0.05, 0.1) is 5.69 Å². The second-order valence-corrected chi connectivity index (χ2v) is 22.2. The van der Waals surface area contributed by atoms with Crippen LogP contribution in [0.15, 0.2) is 88.7 Å². The first-order chi connectivity index (χ1) is 24.7. The van der Waals surface area contributed by atoms with Crippen molar-refractivity contribution < 1.29 is 0 Å². The lowest BCUT2D eigenvalue weighted by Gasteiger charge is -2.78. The van der Waals surface area contributed by atoms with Gasteiger partial charge < -0.3 is 4.90 Å². The van der Waals surface area contributed by atoms with Crippen molar-refractivity contribution in [1.29, 1.82) is 0 Å². The van der Waals surface area contributed by atoms with Gasteiger partial charge in [0.15, 0.2) is 0 Å². The van der Waals surface area contributed by atoms with E-state index in [0.29, 0.717) is 5.41 Å². The van der Waals surface area contributed by atoms with E-state index in [1.165, 1.54) is 78.2 Å². The maximum atomic E-state index is 2.75. The minimum Gasteiger partial charge on any atom is -0.310 e.